The molecule has 1 fully saturated rings. The highest BCUT2D eigenvalue weighted by Crippen LogP contribution is 2.44. The van der Waals surface area contributed by atoms with Crippen LogP contribution in [-0.4, -0.2) is 29.3 Å². The Balaban J connectivity index is 1.85. The van der Waals surface area contributed by atoms with E-state index in [1.807, 2.05) is 37.3 Å². The number of sulfonamides is 1. The van der Waals surface area contributed by atoms with Crippen LogP contribution in [-0.2, 0) is 10.0 Å². The fraction of sp³-hybridized carbons (Fsp3) is 0.360. The van der Waals surface area contributed by atoms with E-state index in [0.717, 1.165) is 23.2 Å². The molecule has 2 aromatic heterocycles. The minimum Gasteiger partial charge on any atom is -0.351 e. The third kappa shape index (κ3) is 4.54. The van der Waals surface area contributed by atoms with E-state index in [1.165, 1.54) is 17.0 Å². The second-order valence-corrected chi connectivity index (χ2v) is 11.3. The lowest BCUT2D eigenvalue weighted by molar-refractivity contribution is 0.547. The number of thiocarbonyl (C=S) groups is 1. The summed E-state index contributed by atoms with van der Waals surface area (Å²) in [5.74, 6) is 0. The molecule has 0 saturated carbocycles. The molecular weight excluding hydrogens is 466 g/mol. The maximum atomic E-state index is 11.7. The lowest BCUT2D eigenvalue weighted by Crippen LogP contribution is -2.29. The molecule has 0 amide bonds. The van der Waals surface area contributed by atoms with E-state index in [0.29, 0.717) is 16.8 Å². The number of pyridine rings is 1. The predicted octanol–water partition coefficient (Wildman–Crippen LogP) is 4.94. The van der Waals surface area contributed by atoms with E-state index in [2.05, 4.69) is 58.3 Å². The number of hydrogen-bond acceptors (Lipinski definition) is 4. The lowest BCUT2D eigenvalue weighted by atomic mass is 9.96. The third-order valence-corrected chi connectivity index (χ3v) is 7.15. The molecule has 2 unspecified atom stereocenters. The van der Waals surface area contributed by atoms with Crippen LogP contribution in [0.4, 0.5) is 11.4 Å². The Bertz CT molecular complexity index is 1330. The Morgan fingerprint density at radius 3 is 2.41 bits per heavy atom. The summed E-state index contributed by atoms with van der Waals surface area (Å²) in [5, 5.41) is 4.11. The zero-order chi connectivity index (χ0) is 24.8. The summed E-state index contributed by atoms with van der Waals surface area (Å²) in [6.45, 7) is 10.5. The minimum absolute atomic E-state index is 0.116. The van der Waals surface area contributed by atoms with E-state index >= 15 is 0 Å². The number of benzene rings is 1. The van der Waals surface area contributed by atoms with Crippen molar-refractivity contribution in [3.05, 3.63) is 76.9 Å². The fourth-order valence-electron chi connectivity index (χ4n) is 4.96. The van der Waals surface area contributed by atoms with Crippen LogP contribution in [0.2, 0.25) is 0 Å². The van der Waals surface area contributed by atoms with Crippen LogP contribution < -0.4 is 14.9 Å². The van der Waals surface area contributed by atoms with Crippen molar-refractivity contribution in [2.75, 3.05) is 15.9 Å². The minimum atomic E-state index is -3.37. The third-order valence-electron chi connectivity index (χ3n) is 6.24. The van der Waals surface area contributed by atoms with Gasteiger partial charge in [-0.05, 0) is 94.4 Å². The van der Waals surface area contributed by atoms with Crippen molar-refractivity contribution in [2.45, 2.75) is 52.7 Å². The van der Waals surface area contributed by atoms with Gasteiger partial charge in [0.15, 0.2) is 5.11 Å². The molecule has 1 aliphatic heterocycles. The average molecular weight is 498 g/mol. The summed E-state index contributed by atoms with van der Waals surface area (Å²) in [7, 11) is -3.37. The molecule has 180 valence electrons. The van der Waals surface area contributed by atoms with Gasteiger partial charge in [-0.15, -0.1) is 0 Å². The first-order valence-electron chi connectivity index (χ1n) is 11.3. The van der Waals surface area contributed by atoms with Crippen molar-refractivity contribution in [1.82, 2.24) is 14.9 Å². The van der Waals surface area contributed by atoms with Gasteiger partial charge in [-0.1, -0.05) is 6.07 Å². The molecule has 2 N–H and O–H groups in total. The quantitative estimate of drug-likeness (QED) is 0.470. The molecule has 0 aliphatic carbocycles. The number of rotatable bonds is 6. The smallest absolute Gasteiger partial charge is 0.229 e. The van der Waals surface area contributed by atoms with E-state index in [-0.39, 0.29) is 12.1 Å². The standard InChI is InChI=1S/C25H31N5O2S2/c1-15(2)29-17(4)14-20(18(29)5)24-23(22-9-7-8-12-26-22)27-25(33)30(24)19-10-11-21(16(3)13-19)28-34(6,31)32/h7-15,23-24,28H,1-6H3,(H,27,33). The zero-order valence-corrected chi connectivity index (χ0v) is 22.0. The molecule has 34 heavy (non-hydrogen) atoms. The second kappa shape index (κ2) is 9.03. The Morgan fingerprint density at radius 1 is 1.12 bits per heavy atom. The van der Waals surface area contributed by atoms with Gasteiger partial charge in [-0.3, -0.25) is 9.71 Å². The van der Waals surface area contributed by atoms with Crippen molar-refractivity contribution >= 4 is 38.7 Å². The maximum Gasteiger partial charge on any atom is 0.229 e. The molecule has 0 spiro atoms. The normalized spacial score (nSPS) is 18.4. The largest absolute Gasteiger partial charge is 0.351 e. The predicted molar refractivity (Wildman–Crippen MR) is 142 cm³/mol. The van der Waals surface area contributed by atoms with Crippen molar-refractivity contribution in [1.29, 1.82) is 0 Å². The summed E-state index contributed by atoms with van der Waals surface area (Å²) in [4.78, 5) is 6.76. The Morgan fingerprint density at radius 2 is 1.85 bits per heavy atom. The number of nitrogens with one attached hydrogen (secondary N) is 2. The van der Waals surface area contributed by atoms with E-state index in [9.17, 15) is 8.42 Å². The van der Waals surface area contributed by atoms with Crippen LogP contribution in [0.3, 0.4) is 0 Å². The molecule has 1 aromatic carbocycles. The van der Waals surface area contributed by atoms with Gasteiger partial charge in [0.25, 0.3) is 0 Å². The van der Waals surface area contributed by atoms with E-state index < -0.39 is 10.0 Å². The first kappa shape index (κ1) is 24.2. The SMILES string of the molecule is Cc1cc(N2C(=S)NC(c3ccccn3)C2c2cc(C)n(C(C)C)c2C)ccc1NS(C)(=O)=O. The molecule has 3 heterocycles. The molecule has 1 saturated heterocycles. The topological polar surface area (TPSA) is 79.3 Å². The summed E-state index contributed by atoms with van der Waals surface area (Å²) in [6.07, 6.45) is 2.95. The van der Waals surface area contributed by atoms with Crippen LogP contribution in [0.25, 0.3) is 0 Å². The van der Waals surface area contributed by atoms with Gasteiger partial charge in [0.1, 0.15) is 0 Å². The van der Waals surface area contributed by atoms with Crippen LogP contribution in [0, 0.1) is 20.8 Å². The first-order valence-corrected chi connectivity index (χ1v) is 13.6. The van der Waals surface area contributed by atoms with Crippen molar-refractivity contribution < 1.29 is 8.42 Å². The number of aryl methyl sites for hydroxylation is 2. The molecule has 7 nitrogen and oxygen atoms in total. The Kier molecular flexibility index (Phi) is 6.44. The van der Waals surface area contributed by atoms with Gasteiger partial charge in [-0.25, -0.2) is 8.42 Å². The van der Waals surface area contributed by atoms with Crippen molar-refractivity contribution in [3.63, 3.8) is 0 Å². The summed E-state index contributed by atoms with van der Waals surface area (Å²) in [5.41, 5.74) is 6.76. The summed E-state index contributed by atoms with van der Waals surface area (Å²) >= 11 is 5.84. The molecule has 2 atom stereocenters. The number of aromatic nitrogens is 2. The van der Waals surface area contributed by atoms with Crippen LogP contribution in [0.1, 0.15) is 60.2 Å². The second-order valence-electron chi connectivity index (χ2n) is 9.16. The zero-order valence-electron chi connectivity index (χ0n) is 20.3. The first-order chi connectivity index (χ1) is 16.0. The molecular formula is C25H31N5O2S2. The molecule has 0 bridgehead atoms. The van der Waals surface area contributed by atoms with Gasteiger partial charge in [0, 0.05) is 29.3 Å². The van der Waals surface area contributed by atoms with Gasteiger partial charge < -0.3 is 14.8 Å². The van der Waals surface area contributed by atoms with Crippen molar-refractivity contribution in [2.24, 2.45) is 0 Å². The number of nitrogens with zero attached hydrogens (tertiary/aromatic N) is 3. The molecule has 1 aliphatic rings. The number of hydrogen-bond donors (Lipinski definition) is 2. The molecule has 0 radical (unpaired) electrons. The molecule has 9 heteroatoms. The lowest BCUT2D eigenvalue weighted by Gasteiger charge is -2.29. The Hall–Kier alpha value is -2.91. The van der Waals surface area contributed by atoms with Gasteiger partial charge in [0.05, 0.1) is 29.7 Å². The summed E-state index contributed by atoms with van der Waals surface area (Å²) < 4.78 is 28.4. The van der Waals surface area contributed by atoms with Gasteiger partial charge in [0.2, 0.25) is 10.0 Å². The van der Waals surface area contributed by atoms with Gasteiger partial charge >= 0.3 is 0 Å². The number of anilines is 2. The average Bonchev–Trinajstić information content (AvgIpc) is 3.24. The Labute approximate surface area is 207 Å². The fourth-order valence-corrected chi connectivity index (χ4v) is 5.93. The van der Waals surface area contributed by atoms with Gasteiger partial charge in [-0.2, -0.15) is 0 Å². The van der Waals surface area contributed by atoms with E-state index in [1.54, 1.807) is 12.3 Å². The van der Waals surface area contributed by atoms with Crippen molar-refractivity contribution in [3.8, 4) is 0 Å². The molecule has 3 aromatic rings. The highest BCUT2D eigenvalue weighted by Gasteiger charge is 2.42. The summed E-state index contributed by atoms with van der Waals surface area (Å²) in [6, 6.07) is 13.9. The highest BCUT2D eigenvalue weighted by molar-refractivity contribution is 7.92. The van der Waals surface area contributed by atoms with E-state index in [4.69, 9.17) is 12.2 Å². The molecule has 4 rings (SSSR count). The highest BCUT2D eigenvalue weighted by atomic mass is 32.2. The monoisotopic (exact) mass is 497 g/mol. The van der Waals surface area contributed by atoms with Crippen LogP contribution in [0.15, 0.2) is 48.7 Å². The van der Waals surface area contributed by atoms with Crippen LogP contribution >= 0.6 is 12.2 Å². The maximum absolute atomic E-state index is 11.7. The van der Waals surface area contributed by atoms with Crippen LogP contribution in [0.5, 0.6) is 0 Å².